The number of halogens is 2. The number of methoxy groups -OCH3 is 2. The van der Waals surface area contributed by atoms with Crippen molar-refractivity contribution < 1.29 is 27.5 Å². The molecule has 0 heterocycles. The fraction of sp³-hybridized carbons (Fsp3) is 0.355. The minimum absolute atomic E-state index is 0.0299. The Kier molecular flexibility index (Phi) is 12.5. The van der Waals surface area contributed by atoms with Gasteiger partial charge in [0.2, 0.25) is 11.8 Å². The smallest absolute Gasteiger partial charge is 0.264 e. The second kappa shape index (κ2) is 15.8. The summed E-state index contributed by atoms with van der Waals surface area (Å²) in [4.78, 5) is 29.0. The monoisotopic (exact) mass is 649 g/mol. The van der Waals surface area contributed by atoms with Gasteiger partial charge in [-0.3, -0.25) is 13.9 Å². The molecule has 0 aliphatic carbocycles. The molecule has 9 nitrogen and oxygen atoms in total. The van der Waals surface area contributed by atoms with Crippen LogP contribution in [0.5, 0.6) is 11.5 Å². The van der Waals surface area contributed by atoms with Gasteiger partial charge in [0, 0.05) is 34.8 Å². The number of hydrogen-bond acceptors (Lipinski definition) is 6. The summed E-state index contributed by atoms with van der Waals surface area (Å²) < 4.78 is 40.0. The number of nitrogens with zero attached hydrogens (tertiary/aromatic N) is 2. The third-order valence-corrected chi connectivity index (χ3v) is 9.35. The molecule has 0 unspecified atom stereocenters. The lowest BCUT2D eigenvalue weighted by Gasteiger charge is -2.34. The Labute approximate surface area is 263 Å². The van der Waals surface area contributed by atoms with Gasteiger partial charge >= 0.3 is 0 Å². The van der Waals surface area contributed by atoms with E-state index >= 15 is 0 Å². The van der Waals surface area contributed by atoms with E-state index in [0.717, 1.165) is 17.1 Å². The minimum atomic E-state index is -4.30. The van der Waals surface area contributed by atoms with Crippen molar-refractivity contribution in [1.29, 1.82) is 0 Å². The van der Waals surface area contributed by atoms with Crippen LogP contribution in [-0.2, 0) is 26.2 Å². The molecule has 0 aliphatic heterocycles. The number of carbonyl (C=O) groups is 2. The number of hydrogen-bond donors (Lipinski definition) is 1. The van der Waals surface area contributed by atoms with Gasteiger partial charge in [0.1, 0.15) is 24.1 Å². The second-order valence-corrected chi connectivity index (χ2v) is 12.3. The van der Waals surface area contributed by atoms with Crippen molar-refractivity contribution in [2.45, 2.75) is 50.6 Å². The van der Waals surface area contributed by atoms with Gasteiger partial charge in [0.05, 0.1) is 24.8 Å². The molecule has 2 amide bonds. The molecule has 1 N–H and O–H groups in total. The summed E-state index contributed by atoms with van der Waals surface area (Å²) >= 11 is 13.0. The molecule has 0 saturated carbocycles. The first kappa shape index (κ1) is 34.0. The molecule has 0 bridgehead atoms. The van der Waals surface area contributed by atoms with E-state index < -0.39 is 28.5 Å². The van der Waals surface area contributed by atoms with Crippen LogP contribution in [0.3, 0.4) is 0 Å². The highest BCUT2D eigenvalue weighted by Gasteiger charge is 2.35. The number of carbonyl (C=O) groups excluding carboxylic acids is 2. The van der Waals surface area contributed by atoms with Crippen molar-refractivity contribution >= 4 is 50.7 Å². The Hall–Kier alpha value is -3.47. The Bertz CT molecular complexity index is 1480. The van der Waals surface area contributed by atoms with Crippen molar-refractivity contribution in [3.8, 4) is 11.5 Å². The standard InChI is InChI=1S/C31H37Cl2N3O6S/c1-5-7-18-34-31(38)27(6-2)35(20-24-25(32)14-11-15-26(24)33)30(37)21-36(43(39,40)23-12-9-8-10-13-23)28-19-22(41-3)16-17-29(28)42-4/h8-17,19,27H,5-7,18,20-21H2,1-4H3,(H,34,38)/t27-/m0/s1. The highest BCUT2D eigenvalue weighted by molar-refractivity contribution is 7.92. The average molecular weight is 651 g/mol. The summed E-state index contributed by atoms with van der Waals surface area (Å²) in [5, 5.41) is 3.52. The van der Waals surface area contributed by atoms with E-state index in [0.29, 0.717) is 27.9 Å². The first-order valence-corrected chi connectivity index (χ1v) is 16.1. The van der Waals surface area contributed by atoms with Crippen LogP contribution < -0.4 is 19.1 Å². The molecule has 0 aromatic heterocycles. The topological polar surface area (TPSA) is 105 Å². The van der Waals surface area contributed by atoms with Gasteiger partial charge < -0.3 is 19.7 Å². The molecular formula is C31H37Cl2N3O6S. The molecule has 3 aromatic carbocycles. The second-order valence-electron chi connectivity index (χ2n) is 9.65. The van der Waals surface area contributed by atoms with E-state index in [1.165, 1.54) is 37.3 Å². The first-order chi connectivity index (χ1) is 20.6. The van der Waals surface area contributed by atoms with Crippen molar-refractivity contribution in [1.82, 2.24) is 10.2 Å². The molecular weight excluding hydrogens is 613 g/mol. The van der Waals surface area contributed by atoms with Gasteiger partial charge in [-0.2, -0.15) is 0 Å². The van der Waals surface area contributed by atoms with Crippen molar-refractivity contribution in [2.24, 2.45) is 0 Å². The maximum atomic E-state index is 14.3. The number of unbranched alkanes of at least 4 members (excludes halogenated alkanes) is 1. The normalized spacial score (nSPS) is 11.9. The quantitative estimate of drug-likeness (QED) is 0.205. The van der Waals surface area contributed by atoms with Crippen LogP contribution >= 0.6 is 23.2 Å². The molecule has 1 atom stereocenters. The van der Waals surface area contributed by atoms with E-state index in [1.54, 1.807) is 55.5 Å². The first-order valence-electron chi connectivity index (χ1n) is 13.9. The molecule has 3 aromatic rings. The summed E-state index contributed by atoms with van der Waals surface area (Å²) in [5.41, 5.74) is 0.533. The summed E-state index contributed by atoms with van der Waals surface area (Å²) in [6.45, 7) is 3.46. The predicted octanol–water partition coefficient (Wildman–Crippen LogP) is 5.93. The number of sulfonamides is 1. The van der Waals surface area contributed by atoms with Crippen molar-refractivity contribution in [2.75, 3.05) is 31.6 Å². The maximum absolute atomic E-state index is 14.3. The van der Waals surface area contributed by atoms with Gasteiger partial charge in [0.25, 0.3) is 10.0 Å². The Balaban J connectivity index is 2.15. The number of nitrogens with one attached hydrogen (secondary N) is 1. The fourth-order valence-corrected chi connectivity index (χ4v) is 6.46. The van der Waals surface area contributed by atoms with Crippen LogP contribution in [0.25, 0.3) is 0 Å². The van der Waals surface area contributed by atoms with Crippen LogP contribution in [0.2, 0.25) is 10.0 Å². The average Bonchev–Trinajstić information content (AvgIpc) is 3.01. The minimum Gasteiger partial charge on any atom is -0.497 e. The highest BCUT2D eigenvalue weighted by atomic mass is 35.5. The van der Waals surface area contributed by atoms with Gasteiger partial charge in [-0.1, -0.05) is 67.7 Å². The molecule has 3 rings (SSSR count). The molecule has 0 saturated heterocycles. The third-order valence-electron chi connectivity index (χ3n) is 6.87. The number of benzene rings is 3. The molecule has 232 valence electrons. The number of anilines is 1. The van der Waals surface area contributed by atoms with Crippen LogP contribution in [0.4, 0.5) is 5.69 Å². The number of ether oxygens (including phenoxy) is 2. The summed E-state index contributed by atoms with van der Waals surface area (Å²) in [6, 6.07) is 16.5. The summed E-state index contributed by atoms with van der Waals surface area (Å²) in [6.07, 6.45) is 1.91. The zero-order valence-electron chi connectivity index (χ0n) is 24.7. The predicted molar refractivity (Wildman–Crippen MR) is 170 cm³/mol. The van der Waals surface area contributed by atoms with E-state index in [1.807, 2.05) is 6.92 Å². The Morgan fingerprint density at radius 1 is 0.930 bits per heavy atom. The van der Waals surface area contributed by atoms with Crippen LogP contribution in [-0.4, -0.2) is 58.5 Å². The number of rotatable bonds is 15. The largest absolute Gasteiger partial charge is 0.497 e. The van der Waals surface area contributed by atoms with Gasteiger partial charge in [-0.15, -0.1) is 0 Å². The molecule has 0 fully saturated rings. The Morgan fingerprint density at radius 2 is 1.60 bits per heavy atom. The van der Waals surface area contributed by atoms with E-state index in [9.17, 15) is 18.0 Å². The lowest BCUT2D eigenvalue weighted by molar-refractivity contribution is -0.140. The van der Waals surface area contributed by atoms with Crippen molar-refractivity contribution in [3.05, 3.63) is 82.3 Å². The van der Waals surface area contributed by atoms with Crippen LogP contribution in [0.1, 0.15) is 38.7 Å². The van der Waals surface area contributed by atoms with Crippen LogP contribution in [0, 0.1) is 0 Å². The summed E-state index contributed by atoms with van der Waals surface area (Å²) in [7, 11) is -1.45. The molecule has 0 aliphatic rings. The van der Waals surface area contributed by atoms with Gasteiger partial charge in [-0.25, -0.2) is 8.42 Å². The Morgan fingerprint density at radius 3 is 2.19 bits per heavy atom. The molecule has 12 heteroatoms. The zero-order valence-corrected chi connectivity index (χ0v) is 27.0. The van der Waals surface area contributed by atoms with Gasteiger partial charge in [-0.05, 0) is 49.2 Å². The fourth-order valence-electron chi connectivity index (χ4n) is 4.50. The lowest BCUT2D eigenvalue weighted by atomic mass is 10.1. The van der Waals surface area contributed by atoms with Crippen molar-refractivity contribution in [3.63, 3.8) is 0 Å². The third kappa shape index (κ3) is 8.34. The maximum Gasteiger partial charge on any atom is 0.264 e. The SMILES string of the molecule is CCCCNC(=O)[C@H](CC)N(Cc1c(Cl)cccc1Cl)C(=O)CN(c1cc(OC)ccc1OC)S(=O)(=O)c1ccccc1. The van der Waals surface area contributed by atoms with E-state index in [4.69, 9.17) is 32.7 Å². The zero-order chi connectivity index (χ0) is 31.6. The molecule has 0 spiro atoms. The molecule has 43 heavy (non-hydrogen) atoms. The highest BCUT2D eigenvalue weighted by Crippen LogP contribution is 2.36. The van der Waals surface area contributed by atoms with Crippen LogP contribution in [0.15, 0.2) is 71.6 Å². The summed E-state index contributed by atoms with van der Waals surface area (Å²) in [5.74, 6) is -0.433. The van der Waals surface area contributed by atoms with E-state index in [-0.39, 0.29) is 35.2 Å². The lowest BCUT2D eigenvalue weighted by Crippen LogP contribution is -2.52. The number of amides is 2. The van der Waals surface area contributed by atoms with E-state index in [2.05, 4.69) is 5.32 Å². The molecule has 0 radical (unpaired) electrons. The van der Waals surface area contributed by atoms with Gasteiger partial charge in [0.15, 0.2) is 0 Å².